The van der Waals surface area contributed by atoms with Crippen molar-refractivity contribution in [3.63, 3.8) is 0 Å². The third-order valence-corrected chi connectivity index (χ3v) is 4.79. The summed E-state index contributed by atoms with van der Waals surface area (Å²) in [5, 5.41) is 5.82. The van der Waals surface area contributed by atoms with Gasteiger partial charge in [0.1, 0.15) is 5.82 Å². The van der Waals surface area contributed by atoms with E-state index < -0.39 is 11.2 Å². The van der Waals surface area contributed by atoms with Gasteiger partial charge >= 0.3 is 0 Å². The standard InChI is InChI=1S/C19H18ClFN2O2/c1-12(24)22-15-6-7-16(21)17(11-15)23-18(25)19(8-3-9-19)13-4-2-5-14(20)10-13/h2,4-7,10-11H,3,8-9H2,1H3,(H,22,24)(H,23,25). The molecule has 2 N–H and O–H groups in total. The maximum Gasteiger partial charge on any atom is 0.235 e. The molecule has 4 nitrogen and oxygen atoms in total. The third-order valence-electron chi connectivity index (χ3n) is 4.55. The van der Waals surface area contributed by atoms with Crippen molar-refractivity contribution in [1.29, 1.82) is 0 Å². The molecule has 1 fully saturated rings. The van der Waals surface area contributed by atoms with Crippen molar-refractivity contribution in [1.82, 2.24) is 0 Å². The van der Waals surface area contributed by atoms with Crippen LogP contribution in [0.25, 0.3) is 0 Å². The van der Waals surface area contributed by atoms with Gasteiger partial charge in [-0.25, -0.2) is 4.39 Å². The van der Waals surface area contributed by atoms with E-state index in [4.69, 9.17) is 11.6 Å². The smallest absolute Gasteiger partial charge is 0.235 e. The summed E-state index contributed by atoms with van der Waals surface area (Å²) in [5.74, 6) is -1.08. The van der Waals surface area contributed by atoms with Gasteiger partial charge in [-0.05, 0) is 48.7 Å². The lowest BCUT2D eigenvalue weighted by molar-refractivity contribution is -0.124. The van der Waals surface area contributed by atoms with Crippen LogP contribution in [-0.4, -0.2) is 11.8 Å². The molecule has 2 aromatic carbocycles. The van der Waals surface area contributed by atoms with Crippen LogP contribution >= 0.6 is 11.6 Å². The normalized spacial score (nSPS) is 15.2. The average Bonchev–Trinajstić information content (AvgIpc) is 2.49. The Hall–Kier alpha value is -2.40. The minimum absolute atomic E-state index is 0.0459. The fourth-order valence-electron chi connectivity index (χ4n) is 3.11. The molecule has 0 aliphatic heterocycles. The van der Waals surface area contributed by atoms with E-state index in [0.717, 1.165) is 12.0 Å². The maximum absolute atomic E-state index is 14.1. The van der Waals surface area contributed by atoms with E-state index in [0.29, 0.717) is 23.6 Å². The second kappa shape index (κ2) is 6.84. The molecule has 0 saturated heterocycles. The number of carbonyl (C=O) groups excluding carboxylic acids is 2. The Kier molecular flexibility index (Phi) is 4.77. The van der Waals surface area contributed by atoms with Gasteiger partial charge in [0.2, 0.25) is 11.8 Å². The first-order valence-corrected chi connectivity index (χ1v) is 8.43. The number of hydrogen-bond donors (Lipinski definition) is 2. The van der Waals surface area contributed by atoms with Crippen molar-refractivity contribution in [3.8, 4) is 0 Å². The van der Waals surface area contributed by atoms with Gasteiger partial charge in [-0.3, -0.25) is 9.59 Å². The van der Waals surface area contributed by atoms with E-state index in [1.807, 2.05) is 12.1 Å². The minimum atomic E-state index is -0.693. The first-order chi connectivity index (χ1) is 11.9. The molecule has 1 saturated carbocycles. The third kappa shape index (κ3) is 3.51. The number of benzene rings is 2. The Balaban J connectivity index is 1.87. The zero-order chi connectivity index (χ0) is 18.0. The SMILES string of the molecule is CC(=O)Nc1ccc(F)c(NC(=O)C2(c3cccc(Cl)c3)CCC2)c1. The maximum atomic E-state index is 14.1. The van der Waals surface area contributed by atoms with Crippen LogP contribution < -0.4 is 10.6 Å². The molecule has 25 heavy (non-hydrogen) atoms. The lowest BCUT2D eigenvalue weighted by Crippen LogP contribution is -2.46. The van der Waals surface area contributed by atoms with Crippen molar-refractivity contribution < 1.29 is 14.0 Å². The van der Waals surface area contributed by atoms with Crippen LogP contribution in [-0.2, 0) is 15.0 Å². The van der Waals surface area contributed by atoms with Gasteiger partial charge in [0, 0.05) is 17.6 Å². The van der Waals surface area contributed by atoms with E-state index in [1.54, 1.807) is 12.1 Å². The second-order valence-corrected chi connectivity index (χ2v) is 6.71. The zero-order valence-electron chi connectivity index (χ0n) is 13.7. The molecule has 0 aromatic heterocycles. The molecular formula is C19H18ClFN2O2. The molecule has 0 bridgehead atoms. The summed E-state index contributed by atoms with van der Waals surface area (Å²) in [4.78, 5) is 24.1. The molecule has 0 heterocycles. The molecular weight excluding hydrogens is 343 g/mol. The van der Waals surface area contributed by atoms with Crippen molar-refractivity contribution in [3.05, 3.63) is 58.9 Å². The van der Waals surface area contributed by atoms with Gasteiger partial charge in [-0.2, -0.15) is 0 Å². The zero-order valence-corrected chi connectivity index (χ0v) is 14.5. The number of nitrogens with one attached hydrogen (secondary N) is 2. The summed E-state index contributed by atoms with van der Waals surface area (Å²) in [7, 11) is 0. The van der Waals surface area contributed by atoms with Gasteiger partial charge in [-0.15, -0.1) is 0 Å². The molecule has 0 unspecified atom stereocenters. The van der Waals surface area contributed by atoms with Gasteiger partial charge in [0.15, 0.2) is 0 Å². The predicted molar refractivity (Wildman–Crippen MR) is 96.3 cm³/mol. The van der Waals surface area contributed by atoms with Crippen molar-refractivity contribution >= 4 is 34.8 Å². The number of hydrogen-bond acceptors (Lipinski definition) is 2. The highest BCUT2D eigenvalue weighted by Crippen LogP contribution is 2.45. The Morgan fingerprint density at radius 2 is 1.88 bits per heavy atom. The molecule has 3 rings (SSSR count). The first kappa shape index (κ1) is 17.4. The van der Waals surface area contributed by atoms with Crippen molar-refractivity contribution in [2.24, 2.45) is 0 Å². The Morgan fingerprint density at radius 1 is 1.12 bits per heavy atom. The van der Waals surface area contributed by atoms with Gasteiger partial charge in [0.05, 0.1) is 11.1 Å². The number of halogens is 2. The summed E-state index contributed by atoms with van der Waals surface area (Å²) >= 11 is 6.06. The Labute approximate surface area is 150 Å². The number of carbonyl (C=O) groups is 2. The highest BCUT2D eigenvalue weighted by molar-refractivity contribution is 6.30. The van der Waals surface area contributed by atoms with Crippen LogP contribution in [0.15, 0.2) is 42.5 Å². The average molecular weight is 361 g/mol. The molecule has 6 heteroatoms. The molecule has 0 radical (unpaired) electrons. The van der Waals surface area contributed by atoms with Crippen molar-refractivity contribution in [2.45, 2.75) is 31.6 Å². The predicted octanol–water partition coefficient (Wildman–Crippen LogP) is 4.50. The topological polar surface area (TPSA) is 58.2 Å². The number of rotatable bonds is 4. The highest BCUT2D eigenvalue weighted by atomic mass is 35.5. The van der Waals surface area contributed by atoms with Gasteiger partial charge < -0.3 is 10.6 Å². The first-order valence-electron chi connectivity index (χ1n) is 8.05. The monoisotopic (exact) mass is 360 g/mol. The van der Waals surface area contributed by atoms with E-state index in [-0.39, 0.29) is 17.5 Å². The molecule has 1 aliphatic carbocycles. The molecule has 2 amide bonds. The van der Waals surface area contributed by atoms with Crippen LogP contribution in [0.2, 0.25) is 5.02 Å². The van der Waals surface area contributed by atoms with Gasteiger partial charge in [-0.1, -0.05) is 30.2 Å². The minimum Gasteiger partial charge on any atom is -0.326 e. The van der Waals surface area contributed by atoms with Crippen LogP contribution in [0.5, 0.6) is 0 Å². The summed E-state index contributed by atoms with van der Waals surface area (Å²) in [6.07, 6.45) is 2.30. The van der Waals surface area contributed by atoms with Crippen LogP contribution in [0, 0.1) is 5.82 Å². The molecule has 2 aromatic rings. The van der Waals surface area contributed by atoms with Crippen LogP contribution in [0.3, 0.4) is 0 Å². The Bertz CT molecular complexity index is 834. The summed E-state index contributed by atoms with van der Waals surface area (Å²) in [5.41, 5.74) is 0.614. The quantitative estimate of drug-likeness (QED) is 0.843. The van der Waals surface area contributed by atoms with Crippen LogP contribution in [0.4, 0.5) is 15.8 Å². The summed E-state index contributed by atoms with van der Waals surface area (Å²) in [6, 6.07) is 11.3. The summed E-state index contributed by atoms with van der Waals surface area (Å²) in [6.45, 7) is 1.37. The fourth-order valence-corrected chi connectivity index (χ4v) is 3.30. The van der Waals surface area contributed by atoms with E-state index in [1.165, 1.54) is 25.1 Å². The molecule has 0 spiro atoms. The Morgan fingerprint density at radius 3 is 2.48 bits per heavy atom. The van der Waals surface area contributed by atoms with E-state index in [2.05, 4.69) is 10.6 Å². The van der Waals surface area contributed by atoms with Crippen molar-refractivity contribution in [2.75, 3.05) is 10.6 Å². The summed E-state index contributed by atoms with van der Waals surface area (Å²) < 4.78 is 14.1. The molecule has 1 aliphatic rings. The largest absolute Gasteiger partial charge is 0.326 e. The lowest BCUT2D eigenvalue weighted by atomic mass is 9.64. The van der Waals surface area contributed by atoms with E-state index >= 15 is 0 Å². The molecule has 130 valence electrons. The highest BCUT2D eigenvalue weighted by Gasteiger charge is 2.45. The lowest BCUT2D eigenvalue weighted by Gasteiger charge is -2.40. The second-order valence-electron chi connectivity index (χ2n) is 6.28. The number of anilines is 2. The van der Waals surface area contributed by atoms with Gasteiger partial charge in [0.25, 0.3) is 0 Å². The fraction of sp³-hybridized carbons (Fsp3) is 0.263. The van der Waals surface area contributed by atoms with Crippen LogP contribution in [0.1, 0.15) is 31.7 Å². The molecule has 0 atom stereocenters. The number of amides is 2. The van der Waals surface area contributed by atoms with E-state index in [9.17, 15) is 14.0 Å².